The number of rotatable bonds is 4. The molecule has 0 spiro atoms. The molecule has 0 aliphatic heterocycles. The topological polar surface area (TPSA) is 54.4 Å². The number of hydrogen-bond donors (Lipinski definition) is 1. The third-order valence-electron chi connectivity index (χ3n) is 2.92. The minimum Gasteiger partial charge on any atom is -0.266 e. The van der Waals surface area contributed by atoms with E-state index in [2.05, 4.69) is 15.5 Å². The number of carbonyl (C=O) groups excluding carboxylic acids is 1. The third-order valence-corrected chi connectivity index (χ3v) is 2.92. The largest absolute Gasteiger partial charge is 0.289 e. The van der Waals surface area contributed by atoms with Gasteiger partial charge in [0.05, 0.1) is 6.21 Å². The van der Waals surface area contributed by atoms with Gasteiger partial charge in [0.2, 0.25) is 0 Å². The number of aromatic nitrogens is 1. The van der Waals surface area contributed by atoms with Gasteiger partial charge in [0.15, 0.2) is 0 Å². The molecule has 4 nitrogen and oxygen atoms in total. The van der Waals surface area contributed by atoms with Crippen LogP contribution in [0, 0.1) is 6.92 Å². The van der Waals surface area contributed by atoms with Crippen LogP contribution in [0.15, 0.2) is 47.7 Å². The summed E-state index contributed by atoms with van der Waals surface area (Å²) in [5.41, 5.74) is 6.06. The molecule has 1 amide bonds. The molecule has 0 saturated carbocycles. The lowest BCUT2D eigenvalue weighted by atomic mass is 10.2. The average molecular weight is 267 g/mol. The van der Waals surface area contributed by atoms with Crippen LogP contribution >= 0.6 is 0 Å². The molecule has 20 heavy (non-hydrogen) atoms. The highest BCUT2D eigenvalue weighted by molar-refractivity contribution is 5.93. The Morgan fingerprint density at radius 1 is 1.25 bits per heavy atom. The Bertz CT molecular complexity index is 601. The van der Waals surface area contributed by atoms with Crippen LogP contribution in [0.25, 0.3) is 0 Å². The van der Waals surface area contributed by atoms with Gasteiger partial charge < -0.3 is 0 Å². The average Bonchev–Trinajstić information content (AvgIpc) is 2.49. The van der Waals surface area contributed by atoms with E-state index in [0.717, 1.165) is 17.5 Å². The fourth-order valence-corrected chi connectivity index (χ4v) is 1.64. The number of nitrogens with zero attached hydrogens (tertiary/aromatic N) is 2. The summed E-state index contributed by atoms with van der Waals surface area (Å²) in [5, 5.41) is 3.93. The fourth-order valence-electron chi connectivity index (χ4n) is 1.64. The van der Waals surface area contributed by atoms with E-state index in [1.807, 2.05) is 44.2 Å². The van der Waals surface area contributed by atoms with Gasteiger partial charge in [-0.1, -0.05) is 42.8 Å². The Morgan fingerprint density at radius 3 is 2.60 bits per heavy atom. The normalized spacial score (nSPS) is 10.7. The number of pyridine rings is 1. The minimum absolute atomic E-state index is 0.309. The number of hydrogen-bond acceptors (Lipinski definition) is 3. The highest BCUT2D eigenvalue weighted by Gasteiger charge is 2.04. The van der Waals surface area contributed by atoms with Gasteiger partial charge in [-0.05, 0) is 30.5 Å². The first-order chi connectivity index (χ1) is 9.69. The third kappa shape index (κ3) is 3.75. The second kappa shape index (κ2) is 6.61. The number of amides is 1. The molecule has 0 radical (unpaired) electrons. The zero-order chi connectivity index (χ0) is 14.4. The maximum Gasteiger partial charge on any atom is 0.289 e. The molecule has 1 heterocycles. The van der Waals surface area contributed by atoms with Crippen LogP contribution < -0.4 is 5.43 Å². The maximum absolute atomic E-state index is 11.8. The second-order valence-electron chi connectivity index (χ2n) is 4.52. The molecular weight excluding hydrogens is 250 g/mol. The van der Waals surface area contributed by atoms with Crippen LogP contribution in [0.4, 0.5) is 0 Å². The molecule has 0 saturated heterocycles. The van der Waals surface area contributed by atoms with Crippen molar-refractivity contribution in [1.29, 1.82) is 0 Å². The summed E-state index contributed by atoms with van der Waals surface area (Å²) in [7, 11) is 0. The van der Waals surface area contributed by atoms with Crippen molar-refractivity contribution in [3.63, 3.8) is 0 Å². The van der Waals surface area contributed by atoms with Gasteiger partial charge in [0.1, 0.15) is 5.69 Å². The van der Waals surface area contributed by atoms with Crippen molar-refractivity contribution in [2.75, 3.05) is 0 Å². The number of nitrogens with one attached hydrogen (secondary N) is 1. The molecule has 4 heteroatoms. The van der Waals surface area contributed by atoms with E-state index < -0.39 is 0 Å². The zero-order valence-corrected chi connectivity index (χ0v) is 11.6. The van der Waals surface area contributed by atoms with E-state index in [1.165, 1.54) is 5.56 Å². The molecule has 102 valence electrons. The fraction of sp³-hybridized carbons (Fsp3) is 0.188. The van der Waals surface area contributed by atoms with Crippen molar-refractivity contribution < 1.29 is 4.79 Å². The van der Waals surface area contributed by atoms with E-state index in [1.54, 1.807) is 18.5 Å². The number of hydrazone groups is 1. The molecule has 0 aliphatic carbocycles. The highest BCUT2D eigenvalue weighted by Crippen LogP contribution is 2.02. The van der Waals surface area contributed by atoms with E-state index in [0.29, 0.717) is 5.69 Å². The SMILES string of the molecule is CCc1ccc(C(=O)N/N=C\c2ccc(C)cc2)nc1. The Labute approximate surface area is 118 Å². The second-order valence-corrected chi connectivity index (χ2v) is 4.52. The Morgan fingerprint density at radius 2 is 2.00 bits per heavy atom. The summed E-state index contributed by atoms with van der Waals surface area (Å²) in [4.78, 5) is 15.9. The number of benzene rings is 1. The van der Waals surface area contributed by atoms with Gasteiger partial charge in [-0.3, -0.25) is 9.78 Å². The first-order valence-electron chi connectivity index (χ1n) is 6.54. The summed E-state index contributed by atoms with van der Waals surface area (Å²) >= 11 is 0. The predicted octanol–water partition coefficient (Wildman–Crippen LogP) is 2.72. The van der Waals surface area contributed by atoms with E-state index >= 15 is 0 Å². The van der Waals surface area contributed by atoms with Crippen LogP contribution in [0.5, 0.6) is 0 Å². The standard InChI is InChI=1S/C16H17N3O/c1-3-13-8-9-15(17-10-13)16(20)19-18-11-14-6-4-12(2)5-7-14/h4-11H,3H2,1-2H3,(H,19,20)/b18-11-. The lowest BCUT2D eigenvalue weighted by Crippen LogP contribution is -2.18. The Balaban J connectivity index is 1.95. The van der Waals surface area contributed by atoms with Crippen molar-refractivity contribution in [3.05, 3.63) is 65.0 Å². The van der Waals surface area contributed by atoms with Gasteiger partial charge >= 0.3 is 0 Å². The molecule has 2 rings (SSSR count). The molecule has 0 bridgehead atoms. The van der Waals surface area contributed by atoms with E-state index in [4.69, 9.17) is 0 Å². The molecule has 1 aromatic carbocycles. The van der Waals surface area contributed by atoms with Gasteiger partial charge in [-0.25, -0.2) is 5.43 Å². The van der Waals surface area contributed by atoms with Crippen molar-refractivity contribution >= 4 is 12.1 Å². The van der Waals surface area contributed by atoms with E-state index in [-0.39, 0.29) is 5.91 Å². The lowest BCUT2D eigenvalue weighted by molar-refractivity contribution is 0.0950. The zero-order valence-electron chi connectivity index (χ0n) is 11.6. The first kappa shape index (κ1) is 13.9. The van der Waals surface area contributed by atoms with Gasteiger partial charge in [0.25, 0.3) is 5.91 Å². The molecule has 1 N–H and O–H groups in total. The van der Waals surface area contributed by atoms with Crippen LogP contribution in [0.1, 0.15) is 34.1 Å². The molecule has 0 fully saturated rings. The summed E-state index contributed by atoms with van der Waals surface area (Å²) in [5.74, 6) is -0.309. The monoisotopic (exact) mass is 267 g/mol. The maximum atomic E-state index is 11.8. The number of carbonyl (C=O) groups is 1. The molecule has 0 aliphatic rings. The smallest absolute Gasteiger partial charge is 0.266 e. The molecular formula is C16H17N3O. The van der Waals surface area contributed by atoms with Crippen molar-refractivity contribution in [2.45, 2.75) is 20.3 Å². The summed E-state index contributed by atoms with van der Waals surface area (Å²) in [6.07, 6.45) is 4.22. The van der Waals surface area contributed by atoms with Gasteiger partial charge in [-0.2, -0.15) is 5.10 Å². The van der Waals surface area contributed by atoms with Crippen LogP contribution in [0.2, 0.25) is 0 Å². The van der Waals surface area contributed by atoms with E-state index in [9.17, 15) is 4.79 Å². The highest BCUT2D eigenvalue weighted by atomic mass is 16.2. The number of aryl methyl sites for hydroxylation is 2. The predicted molar refractivity (Wildman–Crippen MR) is 79.9 cm³/mol. The van der Waals surface area contributed by atoms with Crippen molar-refractivity contribution in [1.82, 2.24) is 10.4 Å². The summed E-state index contributed by atoms with van der Waals surface area (Å²) in [6, 6.07) is 11.5. The van der Waals surface area contributed by atoms with Crippen molar-refractivity contribution in [2.24, 2.45) is 5.10 Å². The van der Waals surface area contributed by atoms with Crippen LogP contribution in [-0.4, -0.2) is 17.1 Å². The summed E-state index contributed by atoms with van der Waals surface area (Å²) < 4.78 is 0. The van der Waals surface area contributed by atoms with Gasteiger partial charge in [-0.15, -0.1) is 0 Å². The Kier molecular flexibility index (Phi) is 4.60. The molecule has 0 unspecified atom stereocenters. The molecule has 0 atom stereocenters. The molecule has 2 aromatic rings. The Hall–Kier alpha value is -2.49. The minimum atomic E-state index is -0.309. The summed E-state index contributed by atoms with van der Waals surface area (Å²) in [6.45, 7) is 4.07. The van der Waals surface area contributed by atoms with Crippen LogP contribution in [-0.2, 0) is 6.42 Å². The van der Waals surface area contributed by atoms with Crippen molar-refractivity contribution in [3.8, 4) is 0 Å². The lowest BCUT2D eigenvalue weighted by Gasteiger charge is -2.00. The molecule has 1 aromatic heterocycles. The quantitative estimate of drug-likeness (QED) is 0.684. The van der Waals surface area contributed by atoms with Crippen LogP contribution in [0.3, 0.4) is 0 Å². The first-order valence-corrected chi connectivity index (χ1v) is 6.54. The van der Waals surface area contributed by atoms with Gasteiger partial charge in [0, 0.05) is 6.20 Å².